The Balaban J connectivity index is 0. The number of hydrogen-bond donors (Lipinski definition) is 5. The van der Waals surface area contributed by atoms with Gasteiger partial charge in [-0.25, -0.2) is 0 Å². The lowest BCUT2D eigenvalue weighted by molar-refractivity contribution is -0.142. The number of carbonyl (C=O) groups is 1. The lowest BCUT2D eigenvalue weighted by Gasteiger charge is -2.10. The third-order valence-electron chi connectivity index (χ3n) is 2.57. The number of hydrogen-bond acceptors (Lipinski definition) is 5. The van der Waals surface area contributed by atoms with Crippen molar-refractivity contribution in [1.82, 2.24) is 0 Å². The van der Waals surface area contributed by atoms with Crippen LogP contribution in [0.3, 0.4) is 0 Å². The van der Waals surface area contributed by atoms with Gasteiger partial charge in [0, 0.05) is 0 Å². The maximum absolute atomic E-state index is 10.4. The maximum Gasteiger partial charge on any atom is 0.306 e. The van der Waals surface area contributed by atoms with E-state index in [1.165, 1.54) is 0 Å². The van der Waals surface area contributed by atoms with E-state index in [1.807, 2.05) is 6.92 Å². The molecule has 0 saturated carbocycles. The van der Waals surface area contributed by atoms with Gasteiger partial charge in [0.25, 0.3) is 0 Å². The molecule has 5 N–H and O–H groups in total. The second-order valence-electron chi connectivity index (χ2n) is 4.09. The summed E-state index contributed by atoms with van der Waals surface area (Å²) < 4.78 is 0. The number of aliphatic hydroxyl groups excluding tert-OH is 4. The molecule has 0 aliphatic rings. The highest BCUT2D eigenvalue weighted by Crippen LogP contribution is 2.11. The zero-order valence-corrected chi connectivity index (χ0v) is 11.1. The van der Waals surface area contributed by atoms with Crippen molar-refractivity contribution in [1.29, 1.82) is 0 Å². The van der Waals surface area contributed by atoms with Crippen molar-refractivity contribution in [3.8, 4) is 0 Å². The maximum atomic E-state index is 10.4. The van der Waals surface area contributed by atoms with E-state index in [0.717, 1.165) is 25.7 Å². The molecule has 0 bridgehead atoms. The van der Waals surface area contributed by atoms with E-state index in [4.69, 9.17) is 25.5 Å². The first-order chi connectivity index (χ1) is 8.44. The summed E-state index contributed by atoms with van der Waals surface area (Å²) in [6.07, 6.45) is 1.27. The molecule has 6 nitrogen and oxygen atoms in total. The monoisotopic (exact) mass is 266 g/mol. The van der Waals surface area contributed by atoms with Gasteiger partial charge in [-0.15, -0.1) is 0 Å². The van der Waals surface area contributed by atoms with Gasteiger partial charge in [0.2, 0.25) is 0 Å². The second-order valence-corrected chi connectivity index (χ2v) is 4.09. The summed E-state index contributed by atoms with van der Waals surface area (Å²) in [5.41, 5.74) is 0. The second kappa shape index (κ2) is 12.8. The molecule has 0 amide bonds. The summed E-state index contributed by atoms with van der Waals surface area (Å²) >= 11 is 0. The fraction of sp³-hybridized carbons (Fsp3) is 0.917. The van der Waals surface area contributed by atoms with Gasteiger partial charge in [-0.1, -0.05) is 26.7 Å². The summed E-state index contributed by atoms with van der Waals surface area (Å²) in [5.74, 6) is -0.754. The number of carboxylic acids is 1. The fourth-order valence-electron chi connectivity index (χ4n) is 1.20. The number of carboxylic acid groups (broad SMARTS) is 1. The van der Waals surface area contributed by atoms with E-state index in [9.17, 15) is 4.79 Å². The highest BCUT2D eigenvalue weighted by molar-refractivity contribution is 5.69. The minimum Gasteiger partial charge on any atom is -0.481 e. The number of unbranched alkanes of at least 4 members (excludes halogenated alkanes) is 1. The topological polar surface area (TPSA) is 118 Å². The molecule has 0 aliphatic carbocycles. The Morgan fingerprint density at radius 1 is 1.06 bits per heavy atom. The molecule has 18 heavy (non-hydrogen) atoms. The Kier molecular flexibility index (Phi) is 13.9. The normalized spacial score (nSPS) is 15.2. The van der Waals surface area contributed by atoms with Crippen molar-refractivity contribution in [2.75, 3.05) is 13.2 Å². The van der Waals surface area contributed by atoms with Crippen LogP contribution in [-0.2, 0) is 4.79 Å². The third kappa shape index (κ3) is 10.5. The van der Waals surface area contributed by atoms with Crippen LogP contribution in [0.25, 0.3) is 0 Å². The van der Waals surface area contributed by atoms with E-state index < -0.39 is 31.4 Å². The highest BCUT2D eigenvalue weighted by Gasteiger charge is 2.13. The number of rotatable bonds is 8. The summed E-state index contributed by atoms with van der Waals surface area (Å²) in [4.78, 5) is 10.4. The molecule has 0 radical (unpaired) electrons. The van der Waals surface area contributed by atoms with Crippen molar-refractivity contribution < 1.29 is 30.3 Å². The van der Waals surface area contributed by atoms with Crippen molar-refractivity contribution in [3.05, 3.63) is 0 Å². The summed E-state index contributed by atoms with van der Waals surface area (Å²) in [7, 11) is 0. The fourth-order valence-corrected chi connectivity index (χ4v) is 1.20. The van der Waals surface area contributed by atoms with Crippen LogP contribution in [0.4, 0.5) is 0 Å². The van der Waals surface area contributed by atoms with Gasteiger partial charge in [-0.2, -0.15) is 0 Å². The van der Waals surface area contributed by atoms with Gasteiger partial charge in [-0.05, 0) is 12.8 Å². The van der Waals surface area contributed by atoms with E-state index in [-0.39, 0.29) is 5.92 Å². The molecule has 0 aliphatic heterocycles. The average molecular weight is 266 g/mol. The van der Waals surface area contributed by atoms with Crippen LogP contribution in [0.15, 0.2) is 0 Å². The van der Waals surface area contributed by atoms with Gasteiger partial charge >= 0.3 is 5.97 Å². The molecular weight excluding hydrogens is 240 g/mol. The summed E-state index contributed by atoms with van der Waals surface area (Å²) in [5, 5.41) is 41.8. The molecule has 0 aromatic rings. The SMILES string of the molecule is CCCCC(CC)C(=O)O.OC[C@@H](O)[C@@H](O)CO. The van der Waals surface area contributed by atoms with Crippen LogP contribution in [0.2, 0.25) is 0 Å². The lowest BCUT2D eigenvalue weighted by atomic mass is 10.00. The van der Waals surface area contributed by atoms with Crippen LogP contribution < -0.4 is 0 Å². The molecule has 1 unspecified atom stereocenters. The predicted octanol–water partition coefficient (Wildman–Crippen LogP) is -0.0198. The molecule has 0 aromatic carbocycles. The van der Waals surface area contributed by atoms with Crippen LogP contribution >= 0.6 is 0 Å². The Labute approximate surface area is 108 Å². The van der Waals surface area contributed by atoms with Gasteiger partial charge in [-0.3, -0.25) is 4.79 Å². The molecule has 0 heterocycles. The minimum absolute atomic E-state index is 0.111. The molecule has 3 atom stereocenters. The van der Waals surface area contributed by atoms with Crippen molar-refractivity contribution in [3.63, 3.8) is 0 Å². The zero-order valence-electron chi connectivity index (χ0n) is 11.1. The van der Waals surface area contributed by atoms with E-state index in [1.54, 1.807) is 0 Å². The first-order valence-corrected chi connectivity index (χ1v) is 6.25. The zero-order chi connectivity index (χ0) is 14.6. The third-order valence-corrected chi connectivity index (χ3v) is 2.57. The van der Waals surface area contributed by atoms with E-state index in [2.05, 4.69) is 6.92 Å². The Bertz CT molecular complexity index is 189. The van der Waals surface area contributed by atoms with E-state index >= 15 is 0 Å². The van der Waals surface area contributed by atoms with Crippen molar-refractivity contribution in [2.45, 2.75) is 51.7 Å². The summed E-state index contributed by atoms with van der Waals surface area (Å²) in [6.45, 7) is 2.95. The lowest BCUT2D eigenvalue weighted by Crippen LogP contribution is -2.31. The molecular formula is C12H26O6. The number of aliphatic hydroxyl groups is 4. The van der Waals surface area contributed by atoms with Crippen LogP contribution in [-0.4, -0.2) is 56.9 Å². The summed E-state index contributed by atoms with van der Waals surface area (Å²) in [6, 6.07) is 0. The van der Waals surface area contributed by atoms with Crippen LogP contribution in [0.1, 0.15) is 39.5 Å². The van der Waals surface area contributed by atoms with Gasteiger partial charge < -0.3 is 25.5 Å². The largest absolute Gasteiger partial charge is 0.481 e. The molecule has 0 spiro atoms. The molecule has 0 saturated heterocycles. The smallest absolute Gasteiger partial charge is 0.306 e. The highest BCUT2D eigenvalue weighted by atomic mass is 16.4. The quantitative estimate of drug-likeness (QED) is 0.421. The van der Waals surface area contributed by atoms with Crippen molar-refractivity contribution >= 4 is 5.97 Å². The van der Waals surface area contributed by atoms with Crippen LogP contribution in [0.5, 0.6) is 0 Å². The Hall–Kier alpha value is -0.690. The van der Waals surface area contributed by atoms with Crippen molar-refractivity contribution in [2.24, 2.45) is 5.92 Å². The molecule has 6 heteroatoms. The van der Waals surface area contributed by atoms with Gasteiger partial charge in [0.05, 0.1) is 19.1 Å². The van der Waals surface area contributed by atoms with E-state index in [0.29, 0.717) is 0 Å². The number of aliphatic carboxylic acids is 1. The first kappa shape index (κ1) is 19.6. The molecule has 0 fully saturated rings. The molecule has 0 rings (SSSR count). The standard InChI is InChI=1S/C8H16O2.C4H10O4/c1-3-5-6-7(4-2)8(9)10;5-1-3(7)4(8)2-6/h7H,3-6H2,1-2H3,(H,9,10);3-8H,1-2H2/t;3-,4+. The minimum atomic E-state index is -1.22. The Morgan fingerprint density at radius 3 is 1.72 bits per heavy atom. The molecule has 110 valence electrons. The van der Waals surface area contributed by atoms with Gasteiger partial charge in [0.1, 0.15) is 12.2 Å². The predicted molar refractivity (Wildman–Crippen MR) is 67.1 cm³/mol. The van der Waals surface area contributed by atoms with Crippen LogP contribution in [0, 0.1) is 5.92 Å². The Morgan fingerprint density at radius 2 is 1.50 bits per heavy atom. The molecule has 0 aromatic heterocycles. The average Bonchev–Trinajstić information content (AvgIpc) is 2.38. The van der Waals surface area contributed by atoms with Gasteiger partial charge in [0.15, 0.2) is 0 Å². The first-order valence-electron chi connectivity index (χ1n) is 6.25.